The number of nitrogens with zero attached hydrogens (tertiary/aromatic N) is 6. The molecule has 3 unspecified atom stereocenters. The maximum atomic E-state index is 12.7. The van der Waals surface area contributed by atoms with Crippen LogP contribution in [0, 0.1) is 11.8 Å². The van der Waals surface area contributed by atoms with Crippen molar-refractivity contribution in [3.05, 3.63) is 23.9 Å². The first kappa shape index (κ1) is 14.3. The Kier molecular flexibility index (Phi) is 3.29. The Morgan fingerprint density at radius 2 is 1.96 bits per heavy atom. The number of tetrazole rings is 1. The maximum absolute atomic E-state index is 12.7. The minimum Gasteiger partial charge on any atom is -0.336 e. The van der Waals surface area contributed by atoms with Crippen LogP contribution in [0.4, 0.5) is 0 Å². The lowest BCUT2D eigenvalue weighted by Gasteiger charge is -2.41. The van der Waals surface area contributed by atoms with E-state index in [1.165, 1.54) is 25.7 Å². The number of aromatic nitrogens is 4. The number of carbonyl (C=O) groups is 1. The zero-order chi connectivity index (χ0) is 16.1. The molecule has 7 nitrogen and oxygen atoms in total. The number of carbonyl (C=O) groups excluding carboxylic acids is 1. The molecule has 3 fully saturated rings. The van der Waals surface area contributed by atoms with Crippen LogP contribution in [0.2, 0.25) is 0 Å². The van der Waals surface area contributed by atoms with Gasteiger partial charge in [-0.1, -0.05) is 6.42 Å². The van der Waals surface area contributed by atoms with Crippen LogP contribution >= 0.6 is 0 Å². The fraction of sp³-hybridized carbons (Fsp3) is 0.647. The Hall–Kier alpha value is -2.02. The predicted molar refractivity (Wildman–Crippen MR) is 87.5 cm³/mol. The summed E-state index contributed by atoms with van der Waals surface area (Å²) in [5, 5.41) is 11.4. The summed E-state index contributed by atoms with van der Waals surface area (Å²) in [4.78, 5) is 17.4. The van der Waals surface area contributed by atoms with Crippen LogP contribution in [0.15, 0.2) is 18.3 Å². The molecule has 2 saturated carbocycles. The average Bonchev–Trinajstić information content (AvgIpc) is 3.36. The van der Waals surface area contributed by atoms with E-state index in [4.69, 9.17) is 0 Å². The van der Waals surface area contributed by atoms with Gasteiger partial charge in [0.15, 0.2) is 5.65 Å². The zero-order valence-electron chi connectivity index (χ0n) is 13.7. The van der Waals surface area contributed by atoms with Gasteiger partial charge >= 0.3 is 0 Å². The summed E-state index contributed by atoms with van der Waals surface area (Å²) < 4.78 is 1.55. The van der Waals surface area contributed by atoms with Gasteiger partial charge in [-0.15, -0.1) is 5.10 Å². The molecule has 0 spiro atoms. The van der Waals surface area contributed by atoms with E-state index in [0.29, 0.717) is 11.2 Å². The van der Waals surface area contributed by atoms with E-state index in [2.05, 4.69) is 20.4 Å². The highest BCUT2D eigenvalue weighted by Gasteiger charge is 2.42. The lowest BCUT2D eigenvalue weighted by molar-refractivity contribution is 0.0495. The van der Waals surface area contributed by atoms with Gasteiger partial charge in [-0.2, -0.15) is 4.52 Å². The molecule has 0 N–H and O–H groups in total. The van der Waals surface area contributed by atoms with Crippen molar-refractivity contribution in [1.82, 2.24) is 29.8 Å². The molecule has 1 amide bonds. The minimum absolute atomic E-state index is 0.0833. The number of amides is 1. The standard InChI is InChI=1S/C17H22N6O/c24-17(14-3-4-16-18-19-20-23(16)11-14)22-7-5-21(6-8-22)15-10-12-1-2-13(15)9-12/h3-4,11-13,15H,1-2,5-10H2. The lowest BCUT2D eigenvalue weighted by atomic mass is 9.93. The number of hydrogen-bond donors (Lipinski definition) is 0. The van der Waals surface area contributed by atoms with Gasteiger partial charge in [0.1, 0.15) is 0 Å². The van der Waals surface area contributed by atoms with Crippen LogP contribution in [0.3, 0.4) is 0 Å². The van der Waals surface area contributed by atoms with Crippen molar-refractivity contribution in [2.75, 3.05) is 26.2 Å². The van der Waals surface area contributed by atoms with Crippen molar-refractivity contribution in [2.24, 2.45) is 11.8 Å². The molecule has 3 heterocycles. The first-order valence-corrected chi connectivity index (χ1v) is 8.99. The van der Waals surface area contributed by atoms with E-state index in [1.807, 2.05) is 11.0 Å². The number of hydrogen-bond acceptors (Lipinski definition) is 5. The SMILES string of the molecule is O=C(c1ccc2nnnn2c1)N1CCN(C2CC3CCC2C3)CC1. The number of piperazine rings is 1. The van der Waals surface area contributed by atoms with E-state index in [9.17, 15) is 4.79 Å². The van der Waals surface area contributed by atoms with Crippen molar-refractivity contribution in [1.29, 1.82) is 0 Å². The fourth-order valence-electron chi connectivity index (χ4n) is 4.97. The van der Waals surface area contributed by atoms with E-state index >= 15 is 0 Å². The lowest BCUT2D eigenvalue weighted by Crippen LogP contribution is -2.53. The van der Waals surface area contributed by atoms with Gasteiger partial charge in [-0.25, -0.2) is 0 Å². The Morgan fingerprint density at radius 3 is 2.71 bits per heavy atom. The molecule has 2 aromatic rings. The number of rotatable bonds is 2. The van der Waals surface area contributed by atoms with Crippen LogP contribution in [-0.2, 0) is 0 Å². The third-order valence-electron chi connectivity index (χ3n) is 6.21. The Labute approximate surface area is 140 Å². The van der Waals surface area contributed by atoms with Crippen LogP contribution in [0.5, 0.6) is 0 Å². The molecule has 1 aliphatic heterocycles. The fourth-order valence-corrected chi connectivity index (χ4v) is 4.97. The summed E-state index contributed by atoms with van der Waals surface area (Å²) >= 11 is 0. The van der Waals surface area contributed by atoms with Crippen molar-refractivity contribution in [2.45, 2.75) is 31.7 Å². The second-order valence-corrected chi connectivity index (χ2v) is 7.47. The molecule has 3 aliphatic rings. The third kappa shape index (κ3) is 2.30. The van der Waals surface area contributed by atoms with Crippen molar-refractivity contribution in [3.8, 4) is 0 Å². The third-order valence-corrected chi connectivity index (χ3v) is 6.21. The summed E-state index contributed by atoms with van der Waals surface area (Å²) in [7, 11) is 0. The molecule has 126 valence electrons. The normalized spacial score (nSPS) is 30.3. The van der Waals surface area contributed by atoms with Crippen molar-refractivity contribution < 1.29 is 4.79 Å². The first-order chi connectivity index (χ1) is 11.8. The summed E-state index contributed by atoms with van der Waals surface area (Å²) in [5.41, 5.74) is 1.32. The van der Waals surface area contributed by atoms with Gasteiger partial charge in [-0.3, -0.25) is 9.69 Å². The van der Waals surface area contributed by atoms with Crippen LogP contribution in [-0.4, -0.2) is 68.0 Å². The molecular weight excluding hydrogens is 304 g/mol. The molecule has 1 saturated heterocycles. The summed E-state index contributed by atoms with van der Waals surface area (Å²) in [6.07, 6.45) is 7.41. The monoisotopic (exact) mass is 326 g/mol. The van der Waals surface area contributed by atoms with Gasteiger partial charge < -0.3 is 4.90 Å². The molecule has 2 aliphatic carbocycles. The largest absolute Gasteiger partial charge is 0.336 e. The summed E-state index contributed by atoms with van der Waals surface area (Å²) in [5.74, 6) is 1.97. The molecular formula is C17H22N6O. The molecule has 5 rings (SSSR count). The van der Waals surface area contributed by atoms with Crippen LogP contribution < -0.4 is 0 Å². The van der Waals surface area contributed by atoms with Crippen LogP contribution in [0.25, 0.3) is 5.65 Å². The van der Waals surface area contributed by atoms with E-state index < -0.39 is 0 Å². The van der Waals surface area contributed by atoms with E-state index in [1.54, 1.807) is 16.8 Å². The summed E-state index contributed by atoms with van der Waals surface area (Å²) in [6, 6.07) is 4.38. The van der Waals surface area contributed by atoms with Crippen LogP contribution in [0.1, 0.15) is 36.0 Å². The van der Waals surface area contributed by atoms with E-state index in [0.717, 1.165) is 44.1 Å². The predicted octanol–water partition coefficient (Wildman–Crippen LogP) is 1.07. The Bertz CT molecular complexity index is 765. The summed E-state index contributed by atoms with van der Waals surface area (Å²) in [6.45, 7) is 3.65. The van der Waals surface area contributed by atoms with Crippen molar-refractivity contribution in [3.63, 3.8) is 0 Å². The second kappa shape index (κ2) is 5.51. The van der Waals surface area contributed by atoms with Crippen molar-refractivity contribution >= 4 is 11.6 Å². The second-order valence-electron chi connectivity index (χ2n) is 7.47. The average molecular weight is 326 g/mol. The molecule has 2 bridgehead atoms. The van der Waals surface area contributed by atoms with E-state index in [-0.39, 0.29) is 5.91 Å². The van der Waals surface area contributed by atoms with Gasteiger partial charge in [0.05, 0.1) is 5.56 Å². The van der Waals surface area contributed by atoms with Gasteiger partial charge in [0.25, 0.3) is 5.91 Å². The smallest absolute Gasteiger partial charge is 0.255 e. The molecule has 2 aromatic heterocycles. The van der Waals surface area contributed by atoms with Gasteiger partial charge in [-0.05, 0) is 53.7 Å². The highest BCUT2D eigenvalue weighted by molar-refractivity contribution is 5.94. The highest BCUT2D eigenvalue weighted by atomic mass is 16.2. The number of fused-ring (bicyclic) bond motifs is 3. The topological polar surface area (TPSA) is 66.6 Å². The minimum atomic E-state index is 0.0833. The number of pyridine rings is 1. The quantitative estimate of drug-likeness (QED) is 0.826. The molecule has 0 aromatic carbocycles. The first-order valence-electron chi connectivity index (χ1n) is 8.99. The highest BCUT2D eigenvalue weighted by Crippen LogP contribution is 2.46. The Balaban J connectivity index is 1.25. The molecule has 7 heteroatoms. The zero-order valence-corrected chi connectivity index (χ0v) is 13.7. The van der Waals surface area contributed by atoms with Gasteiger partial charge in [0.2, 0.25) is 0 Å². The Morgan fingerprint density at radius 1 is 1.08 bits per heavy atom. The maximum Gasteiger partial charge on any atom is 0.255 e. The molecule has 3 atom stereocenters. The molecule has 24 heavy (non-hydrogen) atoms. The molecule has 0 radical (unpaired) electrons. The van der Waals surface area contributed by atoms with Gasteiger partial charge in [0, 0.05) is 38.4 Å².